The van der Waals surface area contributed by atoms with Gasteiger partial charge in [0.2, 0.25) is 0 Å². The highest BCUT2D eigenvalue weighted by atomic mass is 16.5. The molecule has 4 nitrogen and oxygen atoms in total. The molecule has 3 aromatic carbocycles. The number of aryl methyl sites for hydroxylation is 3. The number of nitrogens with zero attached hydrogens (tertiary/aromatic N) is 2. The molecule has 0 N–H and O–H groups in total. The second kappa shape index (κ2) is 10.8. The highest BCUT2D eigenvalue weighted by molar-refractivity contribution is 5.92. The van der Waals surface area contributed by atoms with Gasteiger partial charge in [0.05, 0.1) is 17.6 Å². The van der Waals surface area contributed by atoms with Crippen LogP contribution in [0.1, 0.15) is 51.2 Å². The molecule has 1 unspecified atom stereocenters. The van der Waals surface area contributed by atoms with E-state index in [0.717, 1.165) is 34.5 Å². The van der Waals surface area contributed by atoms with Crippen molar-refractivity contribution in [2.75, 3.05) is 13.6 Å². The molecule has 3 aromatic rings. The van der Waals surface area contributed by atoms with Crippen molar-refractivity contribution in [1.82, 2.24) is 4.90 Å². The summed E-state index contributed by atoms with van der Waals surface area (Å²) in [5.74, 6) is -0.312. The van der Waals surface area contributed by atoms with Crippen molar-refractivity contribution in [3.8, 4) is 0 Å². The zero-order valence-corrected chi connectivity index (χ0v) is 19.6. The number of hydrogen-bond acceptors (Lipinski definition) is 3. The van der Waals surface area contributed by atoms with Crippen LogP contribution in [0.15, 0.2) is 71.7 Å². The fraction of sp³-hybridized carbons (Fsp3) is 0.286. The fourth-order valence-corrected chi connectivity index (χ4v) is 3.43. The predicted molar refractivity (Wildman–Crippen MR) is 132 cm³/mol. The Labute approximate surface area is 191 Å². The molecule has 166 valence electrons. The van der Waals surface area contributed by atoms with E-state index in [-0.39, 0.29) is 12.1 Å². The lowest BCUT2D eigenvalue weighted by molar-refractivity contribution is 0.0296. The first-order valence-electron chi connectivity index (χ1n) is 11.0. The van der Waals surface area contributed by atoms with Crippen molar-refractivity contribution in [1.29, 1.82) is 0 Å². The summed E-state index contributed by atoms with van der Waals surface area (Å²) in [6.07, 6.45) is 2.08. The molecule has 0 saturated heterocycles. The monoisotopic (exact) mass is 428 g/mol. The molecule has 0 fully saturated rings. The van der Waals surface area contributed by atoms with Gasteiger partial charge in [-0.2, -0.15) is 0 Å². The minimum Gasteiger partial charge on any atom is -0.454 e. The number of esters is 1. The van der Waals surface area contributed by atoms with Crippen LogP contribution in [0, 0.1) is 20.8 Å². The van der Waals surface area contributed by atoms with Crippen LogP contribution in [0.2, 0.25) is 0 Å². The normalized spacial score (nSPS) is 12.0. The molecule has 0 amide bonds. The number of ether oxygens (including phenoxy) is 1. The number of rotatable bonds is 8. The topological polar surface area (TPSA) is 41.9 Å². The zero-order chi connectivity index (χ0) is 23.1. The Morgan fingerprint density at radius 3 is 2.34 bits per heavy atom. The van der Waals surface area contributed by atoms with Crippen LogP contribution in [0.4, 0.5) is 5.69 Å². The van der Waals surface area contributed by atoms with E-state index in [9.17, 15) is 4.79 Å². The molecule has 0 saturated carbocycles. The molecule has 0 bridgehead atoms. The highest BCUT2D eigenvalue weighted by Crippen LogP contribution is 2.28. The first kappa shape index (κ1) is 23.3. The molecule has 0 heterocycles. The van der Waals surface area contributed by atoms with Crippen LogP contribution in [-0.4, -0.2) is 30.8 Å². The smallest absolute Gasteiger partial charge is 0.339 e. The molecular weight excluding hydrogens is 396 g/mol. The summed E-state index contributed by atoms with van der Waals surface area (Å²) in [5, 5.41) is 0. The Morgan fingerprint density at radius 2 is 1.69 bits per heavy atom. The summed E-state index contributed by atoms with van der Waals surface area (Å²) in [6.45, 7) is 8.90. The predicted octanol–water partition coefficient (Wildman–Crippen LogP) is 6.36. The third kappa shape index (κ3) is 6.07. The lowest BCUT2D eigenvalue weighted by Crippen LogP contribution is -2.15. The minimum atomic E-state index is -0.360. The van der Waals surface area contributed by atoms with E-state index in [1.165, 1.54) is 5.56 Å². The van der Waals surface area contributed by atoms with Crippen molar-refractivity contribution in [2.24, 2.45) is 4.99 Å². The van der Waals surface area contributed by atoms with Gasteiger partial charge < -0.3 is 9.64 Å². The largest absolute Gasteiger partial charge is 0.454 e. The van der Waals surface area contributed by atoms with E-state index in [2.05, 4.69) is 43.1 Å². The molecule has 0 aromatic heterocycles. The molecule has 1 atom stereocenters. The fourth-order valence-electron chi connectivity index (χ4n) is 3.43. The van der Waals surface area contributed by atoms with Crippen molar-refractivity contribution >= 4 is 18.0 Å². The molecule has 3 rings (SSSR count). The van der Waals surface area contributed by atoms with Crippen molar-refractivity contribution in [2.45, 2.75) is 40.2 Å². The molecule has 0 spiro atoms. The highest BCUT2D eigenvalue weighted by Gasteiger charge is 2.21. The van der Waals surface area contributed by atoms with Crippen LogP contribution in [0.5, 0.6) is 0 Å². The van der Waals surface area contributed by atoms with Crippen molar-refractivity contribution in [3.05, 3.63) is 100 Å². The minimum absolute atomic E-state index is 0.312. The van der Waals surface area contributed by atoms with E-state index in [1.54, 1.807) is 0 Å². The van der Waals surface area contributed by atoms with E-state index in [0.29, 0.717) is 12.0 Å². The van der Waals surface area contributed by atoms with E-state index in [1.807, 2.05) is 74.6 Å². The first-order valence-corrected chi connectivity index (χ1v) is 11.0. The number of benzene rings is 3. The Balaban J connectivity index is 1.86. The zero-order valence-electron chi connectivity index (χ0n) is 19.6. The van der Waals surface area contributed by atoms with Crippen molar-refractivity contribution in [3.63, 3.8) is 0 Å². The maximum absolute atomic E-state index is 13.2. The van der Waals surface area contributed by atoms with Crippen LogP contribution < -0.4 is 0 Å². The summed E-state index contributed by atoms with van der Waals surface area (Å²) in [6, 6.07) is 22.1. The lowest BCUT2D eigenvalue weighted by atomic mass is 9.99. The Morgan fingerprint density at radius 1 is 1.00 bits per heavy atom. The van der Waals surface area contributed by atoms with Gasteiger partial charge in [-0.25, -0.2) is 9.79 Å². The summed E-state index contributed by atoms with van der Waals surface area (Å²) >= 11 is 0. The van der Waals surface area contributed by atoms with Crippen LogP contribution in [0.3, 0.4) is 0 Å². The maximum atomic E-state index is 13.2. The molecule has 32 heavy (non-hydrogen) atoms. The second-order valence-corrected chi connectivity index (χ2v) is 8.27. The number of aliphatic imine (C=N–C) groups is 1. The van der Waals surface area contributed by atoms with E-state index >= 15 is 0 Å². The molecule has 4 heteroatoms. The lowest BCUT2D eigenvalue weighted by Gasteiger charge is -2.20. The molecule has 0 aliphatic heterocycles. The standard InChI is InChI=1S/C28H32N2O2/c1-6-30(5)19-29-26-17-21(3)25(16-22(26)4)28(31)32-27(18-23-10-8-7-9-11-23)24-14-12-20(2)13-15-24/h7-17,19,27H,6,18H2,1-5H3. The first-order chi connectivity index (χ1) is 15.4. The third-order valence-electron chi connectivity index (χ3n) is 5.62. The third-order valence-corrected chi connectivity index (χ3v) is 5.62. The van der Waals surface area contributed by atoms with Gasteiger partial charge in [0, 0.05) is 20.0 Å². The number of carbonyl (C=O) groups is 1. The SMILES string of the molecule is CCN(C)C=Nc1cc(C)c(C(=O)OC(Cc2ccccc2)c2ccc(C)cc2)cc1C. The Hall–Kier alpha value is -3.40. The van der Waals surface area contributed by atoms with Gasteiger partial charge in [-0.3, -0.25) is 0 Å². The molecule has 0 aliphatic rings. The summed E-state index contributed by atoms with van der Waals surface area (Å²) in [5.41, 5.74) is 6.53. The molecule has 0 aliphatic carbocycles. The van der Waals surface area contributed by atoms with Gasteiger partial charge in [0.1, 0.15) is 6.10 Å². The van der Waals surface area contributed by atoms with Crippen LogP contribution >= 0.6 is 0 Å². The average molecular weight is 429 g/mol. The van der Waals surface area contributed by atoms with Gasteiger partial charge in [0.25, 0.3) is 0 Å². The molecule has 0 radical (unpaired) electrons. The van der Waals surface area contributed by atoms with Gasteiger partial charge in [0.15, 0.2) is 0 Å². The summed E-state index contributed by atoms with van der Waals surface area (Å²) in [7, 11) is 1.98. The van der Waals surface area contributed by atoms with Gasteiger partial charge in [-0.05, 0) is 62.1 Å². The van der Waals surface area contributed by atoms with Crippen molar-refractivity contribution < 1.29 is 9.53 Å². The van der Waals surface area contributed by atoms with Crippen LogP contribution in [0.25, 0.3) is 0 Å². The van der Waals surface area contributed by atoms with Gasteiger partial charge in [-0.1, -0.05) is 60.2 Å². The van der Waals surface area contributed by atoms with Gasteiger partial charge in [-0.15, -0.1) is 0 Å². The number of hydrogen-bond donors (Lipinski definition) is 0. The second-order valence-electron chi connectivity index (χ2n) is 8.27. The summed E-state index contributed by atoms with van der Waals surface area (Å²) < 4.78 is 6.07. The maximum Gasteiger partial charge on any atom is 0.339 e. The quantitative estimate of drug-likeness (QED) is 0.238. The van der Waals surface area contributed by atoms with Gasteiger partial charge >= 0.3 is 5.97 Å². The van der Waals surface area contributed by atoms with Crippen LogP contribution in [-0.2, 0) is 11.2 Å². The summed E-state index contributed by atoms with van der Waals surface area (Å²) in [4.78, 5) is 19.8. The van der Waals surface area contributed by atoms with E-state index in [4.69, 9.17) is 4.74 Å². The Bertz CT molecular complexity index is 1070. The Kier molecular flexibility index (Phi) is 7.82. The van der Waals surface area contributed by atoms with E-state index < -0.39 is 0 Å². The number of carbonyl (C=O) groups excluding carboxylic acids is 1. The average Bonchev–Trinajstić information content (AvgIpc) is 2.79. The molecular formula is C28H32N2O2.